The molecule has 0 fully saturated rings. The Morgan fingerprint density at radius 2 is 1.89 bits per heavy atom. The zero-order valence-electron chi connectivity index (χ0n) is 10.6. The Hall–Kier alpha value is -2.34. The van der Waals surface area contributed by atoms with Crippen LogP contribution in [0.25, 0.3) is 5.69 Å². The molecule has 2 aromatic rings. The van der Waals surface area contributed by atoms with Crippen LogP contribution in [0.3, 0.4) is 0 Å². The highest BCUT2D eigenvalue weighted by atomic mass is 16.5. The molecule has 0 amide bonds. The van der Waals surface area contributed by atoms with Crippen LogP contribution in [-0.4, -0.2) is 22.5 Å². The highest BCUT2D eigenvalue weighted by Gasteiger charge is 2.10. The SMILES string of the molecule is Cn1c(=O)c(OCCN)cc(=O)n1-c1ccccc1. The van der Waals surface area contributed by atoms with Crippen LogP contribution in [0.4, 0.5) is 0 Å². The van der Waals surface area contributed by atoms with Crippen molar-refractivity contribution >= 4 is 0 Å². The maximum Gasteiger partial charge on any atom is 0.307 e. The quantitative estimate of drug-likeness (QED) is 0.831. The van der Waals surface area contributed by atoms with Gasteiger partial charge < -0.3 is 10.5 Å². The molecule has 2 N–H and O–H groups in total. The van der Waals surface area contributed by atoms with Gasteiger partial charge in [0.1, 0.15) is 6.61 Å². The number of hydrogen-bond acceptors (Lipinski definition) is 4. The molecule has 0 bridgehead atoms. The van der Waals surface area contributed by atoms with Crippen LogP contribution in [0.15, 0.2) is 46.0 Å². The van der Waals surface area contributed by atoms with Crippen molar-refractivity contribution in [3.8, 4) is 11.4 Å². The van der Waals surface area contributed by atoms with E-state index in [1.807, 2.05) is 6.07 Å². The second kappa shape index (κ2) is 5.53. The lowest BCUT2D eigenvalue weighted by atomic mass is 10.3. The largest absolute Gasteiger partial charge is 0.486 e. The Balaban J connectivity index is 2.57. The van der Waals surface area contributed by atoms with Crippen molar-refractivity contribution in [1.29, 1.82) is 0 Å². The molecule has 6 nitrogen and oxygen atoms in total. The topological polar surface area (TPSA) is 79.2 Å². The molecule has 2 rings (SSSR count). The molecule has 19 heavy (non-hydrogen) atoms. The summed E-state index contributed by atoms with van der Waals surface area (Å²) in [6.45, 7) is 0.481. The Morgan fingerprint density at radius 3 is 2.53 bits per heavy atom. The molecule has 100 valence electrons. The zero-order valence-corrected chi connectivity index (χ0v) is 10.6. The summed E-state index contributed by atoms with van der Waals surface area (Å²) >= 11 is 0. The van der Waals surface area contributed by atoms with Gasteiger partial charge in [0.15, 0.2) is 5.75 Å². The average Bonchev–Trinajstić information content (AvgIpc) is 2.42. The number of aromatic nitrogens is 2. The van der Waals surface area contributed by atoms with Crippen LogP contribution < -0.4 is 21.6 Å². The second-order valence-electron chi connectivity index (χ2n) is 3.96. The van der Waals surface area contributed by atoms with Crippen LogP contribution in [0, 0.1) is 0 Å². The third-order valence-corrected chi connectivity index (χ3v) is 2.64. The van der Waals surface area contributed by atoms with Gasteiger partial charge in [0.25, 0.3) is 5.56 Å². The minimum atomic E-state index is -0.378. The number of nitrogens with zero attached hydrogens (tertiary/aromatic N) is 2. The minimum absolute atomic E-state index is 0.0186. The van der Waals surface area contributed by atoms with E-state index in [0.29, 0.717) is 5.69 Å². The maximum atomic E-state index is 12.1. The molecule has 0 saturated carbocycles. The fraction of sp³-hybridized carbons (Fsp3) is 0.231. The lowest BCUT2D eigenvalue weighted by Gasteiger charge is -2.13. The van der Waals surface area contributed by atoms with Crippen molar-refractivity contribution in [1.82, 2.24) is 9.36 Å². The lowest BCUT2D eigenvalue weighted by Crippen LogP contribution is -2.36. The highest BCUT2D eigenvalue weighted by Crippen LogP contribution is 2.04. The van der Waals surface area contributed by atoms with Crippen molar-refractivity contribution in [2.24, 2.45) is 12.8 Å². The van der Waals surface area contributed by atoms with E-state index in [1.54, 1.807) is 24.3 Å². The average molecular weight is 261 g/mol. The van der Waals surface area contributed by atoms with E-state index in [2.05, 4.69) is 0 Å². The molecule has 0 saturated heterocycles. The first-order valence-electron chi connectivity index (χ1n) is 5.87. The third kappa shape index (κ3) is 2.58. The van der Waals surface area contributed by atoms with Crippen LogP contribution in [0.1, 0.15) is 0 Å². The molecule has 0 radical (unpaired) electrons. The summed E-state index contributed by atoms with van der Waals surface area (Å²) < 4.78 is 7.68. The molecule has 1 aromatic carbocycles. The van der Waals surface area contributed by atoms with Gasteiger partial charge in [-0.2, -0.15) is 0 Å². The van der Waals surface area contributed by atoms with Crippen LogP contribution >= 0.6 is 0 Å². The number of ether oxygens (including phenoxy) is 1. The molecule has 6 heteroatoms. The molecular formula is C13H15N3O3. The van der Waals surface area contributed by atoms with Crippen LogP contribution in [0.2, 0.25) is 0 Å². The summed E-state index contributed by atoms with van der Waals surface area (Å²) in [5.41, 5.74) is 5.22. The van der Waals surface area contributed by atoms with Gasteiger partial charge in [0.2, 0.25) is 0 Å². The fourth-order valence-electron chi connectivity index (χ4n) is 1.78. The van der Waals surface area contributed by atoms with Crippen LogP contribution in [0.5, 0.6) is 5.75 Å². The molecule has 0 unspecified atom stereocenters. The molecule has 1 heterocycles. The van der Waals surface area contributed by atoms with Crippen molar-refractivity contribution in [3.63, 3.8) is 0 Å². The predicted octanol–water partition coefficient (Wildman–Crippen LogP) is -0.126. The second-order valence-corrected chi connectivity index (χ2v) is 3.96. The summed E-state index contributed by atoms with van der Waals surface area (Å²) in [4.78, 5) is 24.1. The molecule has 0 atom stereocenters. The van der Waals surface area contributed by atoms with Gasteiger partial charge in [0.05, 0.1) is 11.8 Å². The predicted molar refractivity (Wildman–Crippen MR) is 71.8 cm³/mol. The molecule has 0 aliphatic heterocycles. The monoisotopic (exact) mass is 261 g/mol. The van der Waals surface area contributed by atoms with Crippen LogP contribution in [-0.2, 0) is 7.05 Å². The number of rotatable bonds is 4. The van der Waals surface area contributed by atoms with Gasteiger partial charge >= 0.3 is 5.56 Å². The van der Waals surface area contributed by atoms with E-state index in [0.717, 1.165) is 0 Å². The van der Waals surface area contributed by atoms with Gasteiger partial charge in [-0.25, -0.2) is 9.36 Å². The molecule has 1 aromatic heterocycles. The van der Waals surface area contributed by atoms with Crippen molar-refractivity contribution < 1.29 is 4.74 Å². The lowest BCUT2D eigenvalue weighted by molar-refractivity contribution is 0.316. The maximum absolute atomic E-state index is 12.1. The van der Waals surface area contributed by atoms with E-state index in [4.69, 9.17) is 10.5 Å². The van der Waals surface area contributed by atoms with E-state index >= 15 is 0 Å². The van der Waals surface area contributed by atoms with E-state index in [1.165, 1.54) is 22.5 Å². The molecule has 0 aliphatic rings. The summed E-state index contributed by atoms with van der Waals surface area (Å²) in [5, 5.41) is 0. The van der Waals surface area contributed by atoms with E-state index in [-0.39, 0.29) is 30.0 Å². The Bertz CT molecular complexity index is 674. The summed E-state index contributed by atoms with van der Waals surface area (Å²) in [6.07, 6.45) is 0. The van der Waals surface area contributed by atoms with Gasteiger partial charge in [0, 0.05) is 13.6 Å². The molecular weight excluding hydrogens is 246 g/mol. The fourth-order valence-corrected chi connectivity index (χ4v) is 1.78. The minimum Gasteiger partial charge on any atom is -0.486 e. The number of para-hydroxylation sites is 1. The number of benzene rings is 1. The first-order chi connectivity index (χ1) is 9.15. The van der Waals surface area contributed by atoms with Crippen molar-refractivity contribution in [2.45, 2.75) is 0 Å². The summed E-state index contributed by atoms with van der Waals surface area (Å²) in [7, 11) is 1.52. The molecule has 0 spiro atoms. The Morgan fingerprint density at radius 1 is 1.21 bits per heavy atom. The summed E-state index contributed by atoms with van der Waals surface area (Å²) in [6, 6.07) is 10.1. The van der Waals surface area contributed by atoms with Gasteiger partial charge in [-0.05, 0) is 12.1 Å². The first kappa shape index (κ1) is 13.1. The Labute approximate surface area is 109 Å². The van der Waals surface area contributed by atoms with Gasteiger partial charge in [-0.1, -0.05) is 18.2 Å². The van der Waals surface area contributed by atoms with E-state index in [9.17, 15) is 9.59 Å². The van der Waals surface area contributed by atoms with E-state index < -0.39 is 0 Å². The number of hydrogen-bond donors (Lipinski definition) is 1. The number of nitrogens with two attached hydrogens (primary N) is 1. The van der Waals surface area contributed by atoms with Crippen molar-refractivity contribution in [3.05, 3.63) is 57.1 Å². The summed E-state index contributed by atoms with van der Waals surface area (Å²) in [5.74, 6) is 0.0186. The smallest absolute Gasteiger partial charge is 0.307 e. The zero-order chi connectivity index (χ0) is 13.8. The Kier molecular flexibility index (Phi) is 3.82. The van der Waals surface area contributed by atoms with Crippen molar-refractivity contribution in [2.75, 3.05) is 13.2 Å². The van der Waals surface area contributed by atoms with Gasteiger partial charge in [-0.15, -0.1) is 0 Å². The third-order valence-electron chi connectivity index (χ3n) is 2.64. The first-order valence-corrected chi connectivity index (χ1v) is 5.87. The molecule has 0 aliphatic carbocycles. The van der Waals surface area contributed by atoms with Gasteiger partial charge in [-0.3, -0.25) is 9.59 Å². The standard InChI is InChI=1S/C13H15N3O3/c1-15-13(18)11(19-8-7-14)9-12(17)16(15)10-5-3-2-4-6-10/h2-6,9H,7-8,14H2,1H3. The normalized spacial score (nSPS) is 10.4. The highest BCUT2D eigenvalue weighted by molar-refractivity contribution is 5.31.